The van der Waals surface area contributed by atoms with E-state index in [2.05, 4.69) is 22.4 Å². The molecule has 3 aromatic rings. The number of carbonyl (C=O) groups excluding carboxylic acids is 2. The largest absolute Gasteiger partial charge is 0.466 e. The van der Waals surface area contributed by atoms with Crippen LogP contribution in [-0.4, -0.2) is 35.4 Å². The molecule has 0 atom stereocenters. The Bertz CT molecular complexity index is 1070. The number of esters is 1. The number of nitrogens with zero attached hydrogens (tertiary/aromatic N) is 2. The first-order chi connectivity index (χ1) is 13.1. The predicted octanol–water partition coefficient (Wildman–Crippen LogP) is 3.59. The van der Waals surface area contributed by atoms with E-state index in [4.69, 9.17) is 0 Å². The fourth-order valence-electron chi connectivity index (χ4n) is 3.45. The molecule has 5 nitrogen and oxygen atoms in total. The molecule has 0 bridgehead atoms. The molecule has 2 aromatic carbocycles. The molecule has 0 unspecified atom stereocenters. The summed E-state index contributed by atoms with van der Waals surface area (Å²) in [5.41, 5.74) is 3.78. The molecule has 4 rings (SSSR count). The summed E-state index contributed by atoms with van der Waals surface area (Å²) < 4.78 is 4.69. The molecule has 1 aliphatic heterocycles. The van der Waals surface area contributed by atoms with Crippen LogP contribution in [0.2, 0.25) is 0 Å². The normalized spacial score (nSPS) is 12.9. The maximum Gasteiger partial charge on any atom is 0.334 e. The summed E-state index contributed by atoms with van der Waals surface area (Å²) in [4.78, 5) is 30.4. The lowest BCUT2D eigenvalue weighted by atomic mass is 9.98. The number of ether oxygens (including phenoxy) is 1. The van der Waals surface area contributed by atoms with Crippen LogP contribution in [0.25, 0.3) is 22.0 Å². The quantitative estimate of drug-likeness (QED) is 0.528. The summed E-state index contributed by atoms with van der Waals surface area (Å²) in [5.74, 6) is -0.596. The molecule has 134 valence electrons. The Morgan fingerprint density at radius 3 is 2.78 bits per heavy atom. The second kappa shape index (κ2) is 6.68. The van der Waals surface area contributed by atoms with Gasteiger partial charge in [-0.3, -0.25) is 9.78 Å². The van der Waals surface area contributed by atoms with Gasteiger partial charge < -0.3 is 9.64 Å². The minimum Gasteiger partial charge on any atom is -0.466 e. The average molecular weight is 358 g/mol. The van der Waals surface area contributed by atoms with Crippen molar-refractivity contribution in [3.63, 3.8) is 0 Å². The van der Waals surface area contributed by atoms with Crippen molar-refractivity contribution in [2.75, 3.05) is 13.7 Å². The predicted molar refractivity (Wildman–Crippen MR) is 103 cm³/mol. The lowest BCUT2D eigenvalue weighted by molar-refractivity contribution is -0.136. The molecule has 0 fully saturated rings. The van der Waals surface area contributed by atoms with Gasteiger partial charge in [-0.1, -0.05) is 30.8 Å². The Balaban J connectivity index is 1.73. The van der Waals surface area contributed by atoms with Crippen molar-refractivity contribution >= 4 is 22.6 Å². The third-order valence-electron chi connectivity index (χ3n) is 4.82. The molecule has 0 radical (unpaired) electrons. The summed E-state index contributed by atoms with van der Waals surface area (Å²) in [5, 5.41) is 2.09. The van der Waals surface area contributed by atoms with Gasteiger partial charge in [0.15, 0.2) is 0 Å². The lowest BCUT2D eigenvalue weighted by Crippen LogP contribution is -2.28. The van der Waals surface area contributed by atoms with Crippen LogP contribution in [0.5, 0.6) is 0 Å². The van der Waals surface area contributed by atoms with Gasteiger partial charge in [-0.2, -0.15) is 0 Å². The van der Waals surface area contributed by atoms with Gasteiger partial charge in [0.25, 0.3) is 5.91 Å². The highest BCUT2D eigenvalue weighted by molar-refractivity contribution is 6.05. The molecule has 2 heterocycles. The van der Waals surface area contributed by atoms with Crippen LogP contribution in [0.1, 0.15) is 15.9 Å². The minimum absolute atomic E-state index is 0.0970. The molecule has 1 aromatic heterocycles. The monoisotopic (exact) mass is 358 g/mol. The van der Waals surface area contributed by atoms with Crippen molar-refractivity contribution in [2.24, 2.45) is 0 Å². The first-order valence-corrected chi connectivity index (χ1v) is 8.61. The van der Waals surface area contributed by atoms with E-state index < -0.39 is 5.97 Å². The number of pyridine rings is 1. The van der Waals surface area contributed by atoms with Crippen LogP contribution < -0.4 is 0 Å². The van der Waals surface area contributed by atoms with E-state index >= 15 is 0 Å². The highest BCUT2D eigenvalue weighted by Crippen LogP contribution is 2.33. The van der Waals surface area contributed by atoms with Gasteiger partial charge in [-0.15, -0.1) is 0 Å². The maximum absolute atomic E-state index is 12.8. The van der Waals surface area contributed by atoms with E-state index in [1.165, 1.54) is 7.11 Å². The number of benzene rings is 2. The van der Waals surface area contributed by atoms with Crippen molar-refractivity contribution in [3.05, 3.63) is 78.0 Å². The van der Waals surface area contributed by atoms with Gasteiger partial charge in [0, 0.05) is 29.4 Å². The fraction of sp³-hybridized carbons (Fsp3) is 0.136. The molecule has 0 aliphatic carbocycles. The average Bonchev–Trinajstić information content (AvgIpc) is 3.03. The third-order valence-corrected chi connectivity index (χ3v) is 4.82. The summed E-state index contributed by atoms with van der Waals surface area (Å²) in [6, 6.07) is 15.7. The fourth-order valence-corrected chi connectivity index (χ4v) is 3.45. The summed E-state index contributed by atoms with van der Waals surface area (Å²) in [6.07, 6.45) is 1.76. The molecule has 0 saturated heterocycles. The minimum atomic E-state index is -0.499. The second-order valence-electron chi connectivity index (χ2n) is 6.50. The van der Waals surface area contributed by atoms with E-state index in [1.54, 1.807) is 11.1 Å². The number of hydrogen-bond donors (Lipinski definition) is 0. The van der Waals surface area contributed by atoms with Crippen molar-refractivity contribution in [2.45, 2.75) is 6.54 Å². The number of hydrogen-bond acceptors (Lipinski definition) is 4. The Hall–Kier alpha value is -3.47. The van der Waals surface area contributed by atoms with E-state index in [1.807, 2.05) is 42.5 Å². The van der Waals surface area contributed by atoms with E-state index in [0.717, 1.165) is 27.6 Å². The molecule has 5 heteroatoms. The third kappa shape index (κ3) is 2.97. The van der Waals surface area contributed by atoms with E-state index in [-0.39, 0.29) is 18.0 Å². The van der Waals surface area contributed by atoms with Gasteiger partial charge in [0.1, 0.15) is 0 Å². The molecule has 0 saturated carbocycles. The molecular formula is C22H18N2O3. The van der Waals surface area contributed by atoms with Crippen LogP contribution in [0.15, 0.2) is 66.9 Å². The topological polar surface area (TPSA) is 59.5 Å². The highest BCUT2D eigenvalue weighted by atomic mass is 16.5. The SMILES string of the molecule is C=C(CN1Cc2c(ccc3ccc(-c4ccccn4)cc23)C1=O)C(=O)OC. The van der Waals surface area contributed by atoms with Crippen LogP contribution in [-0.2, 0) is 16.1 Å². The number of amides is 1. The molecule has 0 spiro atoms. The molecule has 1 amide bonds. The first-order valence-electron chi connectivity index (χ1n) is 8.61. The Labute approximate surface area is 156 Å². The van der Waals surface area contributed by atoms with Gasteiger partial charge in [-0.25, -0.2) is 4.79 Å². The molecule has 27 heavy (non-hydrogen) atoms. The van der Waals surface area contributed by atoms with Crippen LogP contribution in [0.4, 0.5) is 0 Å². The lowest BCUT2D eigenvalue weighted by Gasteiger charge is -2.16. The smallest absolute Gasteiger partial charge is 0.334 e. The van der Waals surface area contributed by atoms with Gasteiger partial charge in [0.05, 0.1) is 19.3 Å². The van der Waals surface area contributed by atoms with Gasteiger partial charge in [0.2, 0.25) is 0 Å². The van der Waals surface area contributed by atoms with Gasteiger partial charge >= 0.3 is 5.97 Å². The van der Waals surface area contributed by atoms with Crippen LogP contribution >= 0.6 is 0 Å². The number of rotatable bonds is 4. The van der Waals surface area contributed by atoms with Crippen molar-refractivity contribution < 1.29 is 14.3 Å². The summed E-state index contributed by atoms with van der Waals surface area (Å²) in [7, 11) is 1.31. The number of carbonyl (C=O) groups is 2. The second-order valence-corrected chi connectivity index (χ2v) is 6.50. The first kappa shape index (κ1) is 17.0. The zero-order valence-electron chi connectivity index (χ0n) is 14.9. The van der Waals surface area contributed by atoms with E-state index in [9.17, 15) is 9.59 Å². The summed E-state index contributed by atoms with van der Waals surface area (Å²) in [6.45, 7) is 4.32. The van der Waals surface area contributed by atoms with Crippen LogP contribution in [0, 0.1) is 0 Å². The number of methoxy groups -OCH3 is 1. The van der Waals surface area contributed by atoms with Crippen molar-refractivity contribution in [1.29, 1.82) is 0 Å². The Morgan fingerprint density at radius 1 is 1.22 bits per heavy atom. The van der Waals surface area contributed by atoms with Crippen molar-refractivity contribution in [3.8, 4) is 11.3 Å². The molecule has 0 N–H and O–H groups in total. The zero-order valence-corrected chi connectivity index (χ0v) is 14.9. The van der Waals surface area contributed by atoms with Crippen molar-refractivity contribution in [1.82, 2.24) is 9.88 Å². The Kier molecular flexibility index (Phi) is 4.20. The van der Waals surface area contributed by atoms with Gasteiger partial charge in [-0.05, 0) is 40.6 Å². The standard InChI is InChI=1S/C22H18N2O3/c1-14(22(26)27-2)12-24-13-19-17(21(24)25)9-8-15-6-7-16(11-18(15)19)20-5-3-4-10-23-20/h3-11H,1,12-13H2,2H3. The van der Waals surface area contributed by atoms with E-state index in [0.29, 0.717) is 12.1 Å². The Morgan fingerprint density at radius 2 is 2.04 bits per heavy atom. The maximum atomic E-state index is 12.8. The molecular weight excluding hydrogens is 340 g/mol. The zero-order chi connectivity index (χ0) is 19.0. The summed E-state index contributed by atoms with van der Waals surface area (Å²) >= 11 is 0. The number of aromatic nitrogens is 1. The molecule has 1 aliphatic rings. The van der Waals surface area contributed by atoms with Crippen LogP contribution in [0.3, 0.4) is 0 Å². The number of fused-ring (bicyclic) bond motifs is 3. The highest BCUT2D eigenvalue weighted by Gasteiger charge is 2.30.